The number of ketones is 1. The van der Waals surface area contributed by atoms with Crippen molar-refractivity contribution in [1.29, 1.82) is 0 Å². The molecule has 1 aromatic heterocycles. The zero-order chi connectivity index (χ0) is 20.4. The van der Waals surface area contributed by atoms with Crippen LogP contribution in [0.3, 0.4) is 0 Å². The first-order valence-corrected chi connectivity index (χ1v) is 9.77. The van der Waals surface area contributed by atoms with Crippen molar-refractivity contribution in [2.75, 3.05) is 0 Å². The molecule has 6 nitrogen and oxygen atoms in total. The summed E-state index contributed by atoms with van der Waals surface area (Å²) in [5, 5.41) is 0. The molecule has 2 aromatic carbocycles. The van der Waals surface area contributed by atoms with Gasteiger partial charge in [-0.25, -0.2) is 4.98 Å². The van der Waals surface area contributed by atoms with Gasteiger partial charge in [-0.1, -0.05) is 36.4 Å². The van der Waals surface area contributed by atoms with Crippen LogP contribution in [0.4, 0.5) is 0 Å². The molecule has 0 spiro atoms. The summed E-state index contributed by atoms with van der Waals surface area (Å²) in [6.45, 7) is 0. The largest absolute Gasteiger partial charge is 0.366 e. The summed E-state index contributed by atoms with van der Waals surface area (Å²) in [6, 6.07) is 14.5. The molecule has 6 heteroatoms. The number of aromatic nitrogens is 2. The Labute approximate surface area is 169 Å². The highest BCUT2D eigenvalue weighted by Crippen LogP contribution is 2.37. The molecule has 3 aromatic rings. The van der Waals surface area contributed by atoms with Crippen LogP contribution in [-0.4, -0.2) is 27.7 Å². The molecule has 148 valence electrons. The zero-order valence-corrected chi connectivity index (χ0v) is 16.0. The number of nitrogens with one attached hydrogen (secondary N) is 1. The average molecular weight is 388 g/mol. The molecule has 0 aliphatic heterocycles. The number of fused-ring (bicyclic) bond motifs is 1. The molecule has 0 bridgehead atoms. The smallest absolute Gasteiger partial charge is 0.248 e. The molecule has 1 amide bonds. The lowest BCUT2D eigenvalue weighted by atomic mass is 9.72. The Hall–Kier alpha value is -3.25. The van der Waals surface area contributed by atoms with Crippen molar-refractivity contribution >= 4 is 11.7 Å². The number of nitrogens with two attached hydrogens (primary N) is 2. The summed E-state index contributed by atoms with van der Waals surface area (Å²) in [5.41, 5.74) is 15.4. The van der Waals surface area contributed by atoms with Crippen LogP contribution >= 0.6 is 0 Å². The number of H-pyrrole nitrogens is 1. The number of carbonyl (C=O) groups is 2. The van der Waals surface area contributed by atoms with Gasteiger partial charge in [-0.15, -0.1) is 0 Å². The molecular formula is C23H24N4O2. The summed E-state index contributed by atoms with van der Waals surface area (Å²) in [5.74, 6) is 0.154. The number of amides is 1. The second kappa shape index (κ2) is 8.01. The predicted molar refractivity (Wildman–Crippen MR) is 110 cm³/mol. The molecule has 1 aliphatic carbocycles. The van der Waals surface area contributed by atoms with Crippen LogP contribution in [0.25, 0.3) is 0 Å². The first-order chi connectivity index (χ1) is 14.0. The van der Waals surface area contributed by atoms with Crippen LogP contribution in [-0.2, 0) is 24.1 Å². The number of hydrogen-bond donors (Lipinski definition) is 3. The first kappa shape index (κ1) is 19.1. The SMILES string of the molecule is NC(=O)c1ccc(CC(N)C(=O)[C@H]2Cc3ccccc3CC2c2ncc[nH]2)cc1. The molecule has 5 N–H and O–H groups in total. The Kier molecular flexibility index (Phi) is 5.27. The monoisotopic (exact) mass is 388 g/mol. The van der Waals surface area contributed by atoms with Crippen molar-refractivity contribution in [3.05, 3.63) is 89.0 Å². The van der Waals surface area contributed by atoms with E-state index in [-0.39, 0.29) is 17.6 Å². The van der Waals surface area contributed by atoms with Gasteiger partial charge in [0.25, 0.3) is 0 Å². The fraction of sp³-hybridized carbons (Fsp3) is 0.261. The Morgan fingerprint density at radius 2 is 1.76 bits per heavy atom. The molecule has 1 aliphatic rings. The number of primary amides is 1. The molecule has 2 unspecified atom stereocenters. The Balaban J connectivity index is 1.55. The summed E-state index contributed by atoms with van der Waals surface area (Å²) in [4.78, 5) is 32.2. The van der Waals surface area contributed by atoms with E-state index < -0.39 is 11.9 Å². The van der Waals surface area contributed by atoms with Crippen molar-refractivity contribution in [2.24, 2.45) is 17.4 Å². The fourth-order valence-corrected chi connectivity index (χ4v) is 4.22. The number of Topliss-reactive ketones (excluding diaryl/α,β-unsaturated/α-hetero) is 1. The highest BCUT2D eigenvalue weighted by Gasteiger charge is 2.37. The molecular weight excluding hydrogens is 364 g/mol. The molecule has 4 rings (SSSR count). The predicted octanol–water partition coefficient (Wildman–Crippen LogP) is 2.15. The normalized spacial score (nSPS) is 19.3. The molecule has 0 saturated carbocycles. The maximum absolute atomic E-state index is 13.4. The van der Waals surface area contributed by atoms with Crippen LogP contribution < -0.4 is 11.5 Å². The van der Waals surface area contributed by atoms with Gasteiger partial charge in [-0.2, -0.15) is 0 Å². The number of rotatable bonds is 6. The van der Waals surface area contributed by atoms with Crippen LogP contribution in [0.5, 0.6) is 0 Å². The van der Waals surface area contributed by atoms with Gasteiger partial charge in [0.05, 0.1) is 6.04 Å². The third-order valence-electron chi connectivity index (χ3n) is 5.78. The molecule has 0 radical (unpaired) electrons. The fourth-order valence-electron chi connectivity index (χ4n) is 4.22. The Morgan fingerprint density at radius 3 is 2.38 bits per heavy atom. The minimum absolute atomic E-state index is 0.0179. The van der Waals surface area contributed by atoms with Crippen LogP contribution in [0.2, 0.25) is 0 Å². The molecule has 29 heavy (non-hydrogen) atoms. The molecule has 0 fully saturated rings. The quantitative estimate of drug-likeness (QED) is 0.600. The van der Waals surface area contributed by atoms with Gasteiger partial charge in [0.15, 0.2) is 5.78 Å². The maximum Gasteiger partial charge on any atom is 0.248 e. The van der Waals surface area contributed by atoms with Gasteiger partial charge >= 0.3 is 0 Å². The number of imidazole rings is 1. The topological polar surface area (TPSA) is 115 Å². The summed E-state index contributed by atoms with van der Waals surface area (Å²) >= 11 is 0. The minimum Gasteiger partial charge on any atom is -0.366 e. The van der Waals surface area contributed by atoms with E-state index in [9.17, 15) is 9.59 Å². The summed E-state index contributed by atoms with van der Waals surface area (Å²) in [7, 11) is 0. The average Bonchev–Trinajstić information content (AvgIpc) is 3.27. The highest BCUT2D eigenvalue weighted by molar-refractivity contribution is 5.92. The van der Waals surface area contributed by atoms with Crippen molar-refractivity contribution in [3.8, 4) is 0 Å². The van der Waals surface area contributed by atoms with E-state index in [1.54, 1.807) is 36.7 Å². The van der Waals surface area contributed by atoms with E-state index in [2.05, 4.69) is 22.1 Å². The van der Waals surface area contributed by atoms with Crippen LogP contribution in [0.15, 0.2) is 60.9 Å². The molecule has 0 saturated heterocycles. The van der Waals surface area contributed by atoms with Crippen LogP contribution in [0, 0.1) is 5.92 Å². The van der Waals surface area contributed by atoms with E-state index in [0.29, 0.717) is 18.4 Å². The molecule has 3 atom stereocenters. The van der Waals surface area contributed by atoms with E-state index in [1.807, 2.05) is 12.1 Å². The lowest BCUT2D eigenvalue weighted by Crippen LogP contribution is -2.42. The maximum atomic E-state index is 13.4. The Morgan fingerprint density at radius 1 is 1.07 bits per heavy atom. The van der Waals surface area contributed by atoms with E-state index in [1.165, 1.54) is 11.1 Å². The number of nitrogens with zero attached hydrogens (tertiary/aromatic N) is 1. The number of benzene rings is 2. The van der Waals surface area contributed by atoms with E-state index in [4.69, 9.17) is 11.5 Å². The van der Waals surface area contributed by atoms with E-state index in [0.717, 1.165) is 17.8 Å². The number of hydrogen-bond acceptors (Lipinski definition) is 4. The van der Waals surface area contributed by atoms with Gasteiger partial charge in [-0.3, -0.25) is 9.59 Å². The lowest BCUT2D eigenvalue weighted by molar-refractivity contribution is -0.125. The van der Waals surface area contributed by atoms with Crippen molar-refractivity contribution in [1.82, 2.24) is 9.97 Å². The van der Waals surface area contributed by atoms with Crippen molar-refractivity contribution in [2.45, 2.75) is 31.2 Å². The van der Waals surface area contributed by atoms with Gasteiger partial charge in [0.1, 0.15) is 5.82 Å². The number of aromatic amines is 1. The standard InChI is InChI=1S/C23H24N4O2/c24-20(11-14-5-7-15(8-6-14)22(25)29)21(28)18-12-16-3-1-2-4-17(16)13-19(18)23-26-9-10-27-23/h1-10,18-20H,11-13,24H2,(H2,25,29)(H,26,27)/t18-,19?,20?/m0/s1. The van der Waals surface area contributed by atoms with Crippen molar-refractivity contribution in [3.63, 3.8) is 0 Å². The third kappa shape index (κ3) is 3.98. The first-order valence-electron chi connectivity index (χ1n) is 9.77. The van der Waals surface area contributed by atoms with Crippen LogP contribution in [0.1, 0.15) is 38.8 Å². The third-order valence-corrected chi connectivity index (χ3v) is 5.78. The highest BCUT2D eigenvalue weighted by atomic mass is 16.1. The van der Waals surface area contributed by atoms with Gasteiger partial charge in [0.2, 0.25) is 5.91 Å². The van der Waals surface area contributed by atoms with E-state index >= 15 is 0 Å². The van der Waals surface area contributed by atoms with Gasteiger partial charge < -0.3 is 16.5 Å². The second-order valence-corrected chi connectivity index (χ2v) is 7.64. The second-order valence-electron chi connectivity index (χ2n) is 7.64. The molecule has 1 heterocycles. The summed E-state index contributed by atoms with van der Waals surface area (Å²) in [6.07, 6.45) is 5.35. The Bertz CT molecular complexity index is 1010. The zero-order valence-electron chi connectivity index (χ0n) is 16.0. The summed E-state index contributed by atoms with van der Waals surface area (Å²) < 4.78 is 0. The van der Waals surface area contributed by atoms with Crippen molar-refractivity contribution < 1.29 is 9.59 Å². The number of carbonyl (C=O) groups excluding carboxylic acids is 2. The van der Waals surface area contributed by atoms with Gasteiger partial charge in [0, 0.05) is 29.8 Å². The van der Waals surface area contributed by atoms with Gasteiger partial charge in [-0.05, 0) is 48.1 Å². The minimum atomic E-state index is -0.623. The lowest BCUT2D eigenvalue weighted by Gasteiger charge is -2.32.